The van der Waals surface area contributed by atoms with Gasteiger partial charge in [0.1, 0.15) is 17.9 Å². The van der Waals surface area contributed by atoms with Crippen molar-refractivity contribution < 1.29 is 13.9 Å². The second-order valence-electron chi connectivity index (χ2n) is 6.78. The molecular weight excluding hydrogens is 350 g/mol. The van der Waals surface area contributed by atoms with Crippen LogP contribution in [0.25, 0.3) is 11.0 Å². The van der Waals surface area contributed by atoms with Crippen molar-refractivity contribution in [1.82, 2.24) is 0 Å². The van der Waals surface area contributed by atoms with Crippen LogP contribution in [0.5, 0.6) is 5.75 Å². The third kappa shape index (κ3) is 3.62. The molecule has 0 saturated carbocycles. The highest BCUT2D eigenvalue weighted by Gasteiger charge is 2.21. The van der Waals surface area contributed by atoms with Crippen LogP contribution < -0.4 is 10.1 Å². The molecule has 0 spiro atoms. The summed E-state index contributed by atoms with van der Waals surface area (Å²) in [6, 6.07) is 23.1. The predicted molar refractivity (Wildman–Crippen MR) is 111 cm³/mol. The van der Waals surface area contributed by atoms with Gasteiger partial charge in [-0.3, -0.25) is 4.79 Å². The first-order chi connectivity index (χ1) is 13.6. The van der Waals surface area contributed by atoms with E-state index in [2.05, 4.69) is 5.32 Å². The van der Waals surface area contributed by atoms with Gasteiger partial charge < -0.3 is 14.5 Å². The van der Waals surface area contributed by atoms with Crippen LogP contribution in [-0.2, 0) is 6.61 Å². The molecule has 1 N–H and O–H groups in total. The number of hydrogen-bond donors (Lipinski definition) is 1. The molecule has 0 aliphatic rings. The number of aryl methyl sites for hydroxylation is 2. The molecule has 4 aromatic rings. The number of para-hydroxylation sites is 2. The number of carbonyl (C=O) groups is 1. The summed E-state index contributed by atoms with van der Waals surface area (Å²) in [5.74, 6) is 0.737. The third-order valence-corrected chi connectivity index (χ3v) is 4.66. The zero-order valence-corrected chi connectivity index (χ0v) is 15.9. The zero-order valence-electron chi connectivity index (χ0n) is 15.9. The van der Waals surface area contributed by atoms with Crippen molar-refractivity contribution >= 4 is 22.6 Å². The Bertz CT molecular complexity index is 1130. The third-order valence-electron chi connectivity index (χ3n) is 4.66. The summed E-state index contributed by atoms with van der Waals surface area (Å²) in [6.07, 6.45) is 0. The van der Waals surface area contributed by atoms with Crippen LogP contribution in [0, 0.1) is 13.8 Å². The van der Waals surface area contributed by atoms with Crippen LogP contribution in [0.15, 0.2) is 77.2 Å². The Labute approximate surface area is 163 Å². The highest BCUT2D eigenvalue weighted by atomic mass is 16.5. The average molecular weight is 371 g/mol. The van der Waals surface area contributed by atoms with Gasteiger partial charge in [0.15, 0.2) is 5.76 Å². The van der Waals surface area contributed by atoms with Crippen LogP contribution in [0.1, 0.15) is 27.2 Å². The van der Waals surface area contributed by atoms with E-state index in [9.17, 15) is 4.79 Å². The lowest BCUT2D eigenvalue weighted by atomic mass is 10.1. The SMILES string of the molecule is Cc1ccc(NC(=O)c2oc3ccccc3c2COc2ccccc2)c(C)c1. The molecule has 0 saturated heterocycles. The minimum atomic E-state index is -0.283. The molecular formula is C24H21NO3. The van der Waals surface area contributed by atoms with E-state index in [1.807, 2.05) is 86.6 Å². The Morgan fingerprint density at radius 1 is 0.964 bits per heavy atom. The highest BCUT2D eigenvalue weighted by Crippen LogP contribution is 2.28. The Kier molecular flexibility index (Phi) is 4.85. The fraction of sp³-hybridized carbons (Fsp3) is 0.125. The van der Waals surface area contributed by atoms with Crippen molar-refractivity contribution in [3.8, 4) is 5.75 Å². The molecule has 1 aromatic heterocycles. The van der Waals surface area contributed by atoms with Gasteiger partial charge in [-0.2, -0.15) is 0 Å². The van der Waals surface area contributed by atoms with Crippen LogP contribution >= 0.6 is 0 Å². The van der Waals surface area contributed by atoms with Crippen LogP contribution in [0.2, 0.25) is 0 Å². The number of nitrogens with one attached hydrogen (secondary N) is 1. The van der Waals surface area contributed by atoms with E-state index in [1.54, 1.807) is 0 Å². The van der Waals surface area contributed by atoms with Crippen molar-refractivity contribution in [2.45, 2.75) is 20.5 Å². The average Bonchev–Trinajstić information content (AvgIpc) is 3.08. The van der Waals surface area contributed by atoms with Gasteiger partial charge in [0, 0.05) is 16.6 Å². The summed E-state index contributed by atoms with van der Waals surface area (Å²) >= 11 is 0. The normalized spacial score (nSPS) is 10.8. The van der Waals surface area contributed by atoms with E-state index in [0.29, 0.717) is 5.58 Å². The molecule has 0 unspecified atom stereocenters. The maximum atomic E-state index is 13.0. The van der Waals surface area contributed by atoms with E-state index in [1.165, 1.54) is 0 Å². The van der Waals surface area contributed by atoms with Crippen molar-refractivity contribution in [3.05, 3.63) is 95.2 Å². The Morgan fingerprint density at radius 3 is 2.50 bits per heavy atom. The van der Waals surface area contributed by atoms with Crippen molar-refractivity contribution in [2.24, 2.45) is 0 Å². The first-order valence-electron chi connectivity index (χ1n) is 9.18. The Morgan fingerprint density at radius 2 is 1.71 bits per heavy atom. The van der Waals surface area contributed by atoms with Gasteiger partial charge in [-0.25, -0.2) is 0 Å². The Hall–Kier alpha value is -3.53. The molecule has 0 bridgehead atoms. The maximum absolute atomic E-state index is 13.0. The number of amides is 1. The number of fused-ring (bicyclic) bond motifs is 1. The fourth-order valence-electron chi connectivity index (χ4n) is 3.23. The first-order valence-corrected chi connectivity index (χ1v) is 9.18. The quantitative estimate of drug-likeness (QED) is 0.476. The lowest BCUT2D eigenvalue weighted by molar-refractivity contribution is 0.0995. The molecule has 0 atom stereocenters. The van der Waals surface area contributed by atoms with Crippen molar-refractivity contribution in [3.63, 3.8) is 0 Å². The zero-order chi connectivity index (χ0) is 19.5. The van der Waals surface area contributed by atoms with E-state index >= 15 is 0 Å². The molecule has 4 heteroatoms. The first kappa shape index (κ1) is 17.9. The van der Waals surface area contributed by atoms with Crippen molar-refractivity contribution in [2.75, 3.05) is 5.32 Å². The molecule has 4 nitrogen and oxygen atoms in total. The predicted octanol–water partition coefficient (Wildman–Crippen LogP) is 5.88. The van der Waals surface area contributed by atoms with Crippen LogP contribution in [0.3, 0.4) is 0 Å². The maximum Gasteiger partial charge on any atom is 0.291 e. The van der Waals surface area contributed by atoms with Gasteiger partial charge in [0.25, 0.3) is 5.91 Å². The summed E-state index contributed by atoms with van der Waals surface area (Å²) < 4.78 is 11.8. The number of furan rings is 1. The summed E-state index contributed by atoms with van der Waals surface area (Å²) in [6.45, 7) is 4.24. The molecule has 4 rings (SSSR count). The van der Waals surface area contributed by atoms with E-state index in [-0.39, 0.29) is 18.3 Å². The standard InChI is InChI=1S/C24H21NO3/c1-16-12-13-21(17(2)14-16)25-24(26)23-20(15-27-18-8-4-3-5-9-18)19-10-6-7-11-22(19)28-23/h3-14H,15H2,1-2H3,(H,25,26). The van der Waals surface area contributed by atoms with Gasteiger partial charge in [-0.15, -0.1) is 0 Å². The molecule has 1 amide bonds. The molecule has 3 aromatic carbocycles. The summed E-state index contributed by atoms with van der Waals surface area (Å²) in [5, 5.41) is 3.84. The van der Waals surface area contributed by atoms with Gasteiger partial charge in [-0.05, 0) is 43.7 Å². The second kappa shape index (κ2) is 7.61. The molecule has 1 heterocycles. The summed E-state index contributed by atoms with van der Waals surface area (Å²) in [7, 11) is 0. The highest BCUT2D eigenvalue weighted by molar-refractivity contribution is 6.06. The number of benzene rings is 3. The van der Waals surface area contributed by atoms with Gasteiger partial charge in [-0.1, -0.05) is 54.1 Å². The number of carbonyl (C=O) groups excluding carboxylic acids is 1. The van der Waals surface area contributed by atoms with Crippen LogP contribution in [0.4, 0.5) is 5.69 Å². The molecule has 28 heavy (non-hydrogen) atoms. The number of hydrogen-bond acceptors (Lipinski definition) is 3. The summed E-state index contributed by atoms with van der Waals surface area (Å²) in [5.41, 5.74) is 4.33. The number of ether oxygens (including phenoxy) is 1. The van der Waals surface area contributed by atoms with E-state index in [0.717, 1.165) is 33.5 Å². The lowest BCUT2D eigenvalue weighted by Gasteiger charge is -2.10. The summed E-state index contributed by atoms with van der Waals surface area (Å²) in [4.78, 5) is 13.0. The lowest BCUT2D eigenvalue weighted by Crippen LogP contribution is -2.14. The van der Waals surface area contributed by atoms with Gasteiger partial charge in [0.05, 0.1) is 0 Å². The van der Waals surface area contributed by atoms with Gasteiger partial charge >= 0.3 is 0 Å². The van der Waals surface area contributed by atoms with Crippen molar-refractivity contribution in [1.29, 1.82) is 0 Å². The van der Waals surface area contributed by atoms with Gasteiger partial charge in [0.2, 0.25) is 0 Å². The monoisotopic (exact) mass is 371 g/mol. The molecule has 0 aliphatic heterocycles. The number of anilines is 1. The molecule has 140 valence electrons. The molecule has 0 fully saturated rings. The fourth-order valence-corrected chi connectivity index (χ4v) is 3.23. The van der Waals surface area contributed by atoms with Crippen LogP contribution in [-0.4, -0.2) is 5.91 Å². The topological polar surface area (TPSA) is 51.5 Å². The van der Waals surface area contributed by atoms with E-state index < -0.39 is 0 Å². The minimum absolute atomic E-state index is 0.247. The smallest absolute Gasteiger partial charge is 0.291 e. The second-order valence-corrected chi connectivity index (χ2v) is 6.78. The Balaban J connectivity index is 1.66. The largest absolute Gasteiger partial charge is 0.489 e. The minimum Gasteiger partial charge on any atom is -0.489 e. The molecule has 0 aliphatic carbocycles. The molecule has 0 radical (unpaired) electrons. The number of rotatable bonds is 5. The van der Waals surface area contributed by atoms with E-state index in [4.69, 9.17) is 9.15 Å².